The number of aryl methyl sites for hydroxylation is 1. The number of nitrogens with zero attached hydrogens (tertiary/aromatic N) is 2. The van der Waals surface area contributed by atoms with Gasteiger partial charge in [-0.25, -0.2) is 0 Å². The summed E-state index contributed by atoms with van der Waals surface area (Å²) in [7, 11) is 0. The highest BCUT2D eigenvalue weighted by molar-refractivity contribution is 7.18. The van der Waals surface area contributed by atoms with E-state index < -0.39 is 0 Å². The summed E-state index contributed by atoms with van der Waals surface area (Å²) in [6.07, 6.45) is 0. The third kappa shape index (κ3) is 2.89. The van der Waals surface area contributed by atoms with E-state index in [4.69, 9.17) is 0 Å². The van der Waals surface area contributed by atoms with Crippen LogP contribution >= 0.6 is 11.3 Å². The van der Waals surface area contributed by atoms with E-state index in [9.17, 15) is 4.79 Å². The molecule has 1 heterocycles. The van der Waals surface area contributed by atoms with Crippen molar-refractivity contribution in [1.29, 1.82) is 0 Å². The van der Waals surface area contributed by atoms with Crippen LogP contribution in [0, 0.1) is 13.8 Å². The van der Waals surface area contributed by atoms with E-state index in [2.05, 4.69) is 15.5 Å². The molecule has 0 bridgehead atoms. The van der Waals surface area contributed by atoms with Gasteiger partial charge in [0.1, 0.15) is 5.01 Å². The molecular weight excluding hydrogens is 294 g/mol. The van der Waals surface area contributed by atoms with Crippen molar-refractivity contribution < 1.29 is 4.79 Å². The normalized spacial score (nSPS) is 10.5. The monoisotopic (exact) mass is 309 g/mol. The van der Waals surface area contributed by atoms with E-state index in [0.29, 0.717) is 10.7 Å². The highest BCUT2D eigenvalue weighted by Crippen LogP contribution is 2.26. The highest BCUT2D eigenvalue weighted by atomic mass is 32.1. The molecule has 2 aromatic carbocycles. The summed E-state index contributed by atoms with van der Waals surface area (Å²) >= 11 is 1.36. The molecule has 3 aromatic rings. The first-order valence-electron chi connectivity index (χ1n) is 6.91. The van der Waals surface area contributed by atoms with Gasteiger partial charge in [0.2, 0.25) is 5.13 Å². The van der Waals surface area contributed by atoms with Crippen LogP contribution in [0.1, 0.15) is 21.5 Å². The van der Waals surface area contributed by atoms with Gasteiger partial charge in [-0.2, -0.15) is 0 Å². The Hall–Kier alpha value is -2.53. The molecule has 0 aliphatic rings. The lowest BCUT2D eigenvalue weighted by Gasteiger charge is -2.07. The quantitative estimate of drug-likeness (QED) is 0.793. The Bertz CT molecular complexity index is 812. The van der Waals surface area contributed by atoms with Crippen molar-refractivity contribution in [3.05, 3.63) is 65.2 Å². The van der Waals surface area contributed by atoms with Crippen LogP contribution in [0.15, 0.2) is 48.5 Å². The zero-order chi connectivity index (χ0) is 15.5. The van der Waals surface area contributed by atoms with Crippen LogP contribution in [0.2, 0.25) is 0 Å². The SMILES string of the molecule is Cc1cccc(C(=O)Nc2nnc(-c3ccccc3)s2)c1C. The molecule has 0 aliphatic carbocycles. The van der Waals surface area contributed by atoms with Crippen LogP contribution in [-0.2, 0) is 0 Å². The molecule has 0 unspecified atom stereocenters. The van der Waals surface area contributed by atoms with Crippen molar-refractivity contribution in [1.82, 2.24) is 10.2 Å². The Kier molecular flexibility index (Phi) is 3.98. The number of anilines is 1. The van der Waals surface area contributed by atoms with Gasteiger partial charge in [-0.15, -0.1) is 10.2 Å². The van der Waals surface area contributed by atoms with E-state index >= 15 is 0 Å². The van der Waals surface area contributed by atoms with Crippen molar-refractivity contribution in [2.45, 2.75) is 13.8 Å². The molecule has 22 heavy (non-hydrogen) atoms. The maximum absolute atomic E-state index is 12.4. The molecule has 4 nitrogen and oxygen atoms in total. The molecule has 1 aromatic heterocycles. The Labute approximate surface area is 132 Å². The predicted molar refractivity (Wildman–Crippen MR) is 89.2 cm³/mol. The number of hydrogen-bond acceptors (Lipinski definition) is 4. The maximum atomic E-state index is 12.4. The topological polar surface area (TPSA) is 54.9 Å². The average molecular weight is 309 g/mol. The first kappa shape index (κ1) is 14.4. The second-order valence-corrected chi connectivity index (χ2v) is 5.96. The lowest BCUT2D eigenvalue weighted by Crippen LogP contribution is -2.13. The standard InChI is InChI=1S/C17H15N3OS/c1-11-7-6-10-14(12(11)2)15(21)18-17-20-19-16(22-17)13-8-4-3-5-9-13/h3-10H,1-2H3,(H,18,20,21). The minimum atomic E-state index is -0.156. The molecule has 0 radical (unpaired) electrons. The lowest BCUT2D eigenvalue weighted by atomic mass is 10.0. The molecule has 0 aliphatic heterocycles. The van der Waals surface area contributed by atoms with Crippen LogP contribution < -0.4 is 5.32 Å². The average Bonchev–Trinajstić information content (AvgIpc) is 2.99. The lowest BCUT2D eigenvalue weighted by molar-refractivity contribution is 0.102. The van der Waals surface area contributed by atoms with Crippen LogP contribution in [0.4, 0.5) is 5.13 Å². The van der Waals surface area contributed by atoms with Crippen molar-refractivity contribution in [3.63, 3.8) is 0 Å². The van der Waals surface area contributed by atoms with Gasteiger partial charge in [0.05, 0.1) is 0 Å². The zero-order valence-electron chi connectivity index (χ0n) is 12.3. The van der Waals surface area contributed by atoms with Crippen LogP contribution in [-0.4, -0.2) is 16.1 Å². The largest absolute Gasteiger partial charge is 0.296 e. The number of carbonyl (C=O) groups is 1. The van der Waals surface area contributed by atoms with E-state index in [1.165, 1.54) is 11.3 Å². The fourth-order valence-electron chi connectivity index (χ4n) is 2.13. The van der Waals surface area contributed by atoms with E-state index in [0.717, 1.165) is 21.7 Å². The molecule has 5 heteroatoms. The van der Waals surface area contributed by atoms with Gasteiger partial charge in [0, 0.05) is 11.1 Å². The van der Waals surface area contributed by atoms with E-state index in [1.54, 1.807) is 0 Å². The summed E-state index contributed by atoms with van der Waals surface area (Å²) < 4.78 is 0. The van der Waals surface area contributed by atoms with Crippen LogP contribution in [0.3, 0.4) is 0 Å². The number of hydrogen-bond donors (Lipinski definition) is 1. The summed E-state index contributed by atoms with van der Waals surface area (Å²) in [6, 6.07) is 15.5. The molecule has 0 saturated carbocycles. The fraction of sp³-hybridized carbons (Fsp3) is 0.118. The van der Waals surface area contributed by atoms with Crippen molar-refractivity contribution in [3.8, 4) is 10.6 Å². The molecule has 110 valence electrons. The second-order valence-electron chi connectivity index (χ2n) is 4.98. The third-order valence-corrected chi connectivity index (χ3v) is 4.40. The minimum absolute atomic E-state index is 0.156. The molecule has 0 spiro atoms. The van der Waals surface area contributed by atoms with Crippen molar-refractivity contribution >= 4 is 22.4 Å². The minimum Gasteiger partial charge on any atom is -0.296 e. The molecule has 1 amide bonds. The van der Waals surface area contributed by atoms with Crippen LogP contribution in [0.25, 0.3) is 10.6 Å². The summed E-state index contributed by atoms with van der Waals surface area (Å²) in [6.45, 7) is 3.93. The second kappa shape index (κ2) is 6.07. The van der Waals surface area contributed by atoms with Crippen molar-refractivity contribution in [2.75, 3.05) is 5.32 Å². The summed E-state index contributed by atoms with van der Waals surface area (Å²) in [5.41, 5.74) is 3.73. The summed E-state index contributed by atoms with van der Waals surface area (Å²) in [4.78, 5) is 12.4. The first-order chi connectivity index (χ1) is 10.6. The molecule has 0 fully saturated rings. The number of rotatable bonds is 3. The van der Waals surface area contributed by atoms with Gasteiger partial charge in [-0.05, 0) is 31.0 Å². The third-order valence-electron chi connectivity index (χ3n) is 3.52. The van der Waals surface area contributed by atoms with E-state index in [-0.39, 0.29) is 5.91 Å². The summed E-state index contributed by atoms with van der Waals surface area (Å²) in [5.74, 6) is -0.156. The Morgan fingerprint density at radius 3 is 2.55 bits per heavy atom. The Balaban J connectivity index is 1.81. The van der Waals surface area contributed by atoms with Crippen molar-refractivity contribution in [2.24, 2.45) is 0 Å². The van der Waals surface area contributed by atoms with Gasteiger partial charge in [0.15, 0.2) is 0 Å². The first-order valence-corrected chi connectivity index (χ1v) is 7.73. The van der Waals surface area contributed by atoms with Gasteiger partial charge in [-0.3, -0.25) is 10.1 Å². The molecule has 3 rings (SSSR count). The Morgan fingerprint density at radius 2 is 1.77 bits per heavy atom. The smallest absolute Gasteiger partial charge is 0.257 e. The molecule has 0 atom stereocenters. The van der Waals surface area contributed by atoms with Gasteiger partial charge >= 0.3 is 0 Å². The van der Waals surface area contributed by atoms with E-state index in [1.807, 2.05) is 62.4 Å². The molecule has 0 saturated heterocycles. The number of aromatic nitrogens is 2. The summed E-state index contributed by atoms with van der Waals surface area (Å²) in [5, 5.41) is 12.3. The maximum Gasteiger partial charge on any atom is 0.257 e. The fourth-order valence-corrected chi connectivity index (χ4v) is 2.88. The zero-order valence-corrected chi connectivity index (χ0v) is 13.1. The number of nitrogens with one attached hydrogen (secondary N) is 1. The predicted octanol–water partition coefficient (Wildman–Crippen LogP) is 4.07. The Morgan fingerprint density at radius 1 is 1.00 bits per heavy atom. The number of carbonyl (C=O) groups excluding carboxylic acids is 1. The number of amides is 1. The van der Waals surface area contributed by atoms with Gasteiger partial charge < -0.3 is 0 Å². The number of benzene rings is 2. The van der Waals surface area contributed by atoms with Crippen LogP contribution in [0.5, 0.6) is 0 Å². The molecular formula is C17H15N3OS. The van der Waals surface area contributed by atoms with Gasteiger partial charge in [-0.1, -0.05) is 53.8 Å². The molecule has 1 N–H and O–H groups in total. The highest BCUT2D eigenvalue weighted by Gasteiger charge is 2.13. The van der Waals surface area contributed by atoms with Gasteiger partial charge in [0.25, 0.3) is 5.91 Å².